The molecule has 1 aliphatic carbocycles. The fraction of sp³-hybridized carbons (Fsp3) is 0.625. The molecule has 2 N–H and O–H groups in total. The zero-order valence-electron chi connectivity index (χ0n) is 12.9. The molecule has 0 bridgehead atoms. The standard InChI is InChI=1S/C16H24N2O2S/c1-11(19)17-13(14-5-4-8-21-14)9-15(20)18-12-6-7-16(2,3)10-12/h4-5,8,12-13H,6-7,9-10H2,1-3H3,(H,17,19)(H,18,20). The third-order valence-corrected chi connectivity index (χ3v) is 4.97. The molecule has 5 heteroatoms. The molecule has 0 radical (unpaired) electrons. The Kier molecular flexibility index (Phi) is 5.04. The van der Waals surface area contributed by atoms with Crippen molar-refractivity contribution in [1.29, 1.82) is 0 Å². The van der Waals surface area contributed by atoms with Crippen LogP contribution in [0.5, 0.6) is 0 Å². The van der Waals surface area contributed by atoms with Crippen molar-refractivity contribution >= 4 is 23.2 Å². The van der Waals surface area contributed by atoms with E-state index in [2.05, 4.69) is 24.5 Å². The summed E-state index contributed by atoms with van der Waals surface area (Å²) in [5.41, 5.74) is 0.322. The fourth-order valence-electron chi connectivity index (χ4n) is 2.99. The SMILES string of the molecule is CC(=O)NC(CC(=O)NC1CCC(C)(C)C1)c1cccs1. The van der Waals surface area contributed by atoms with Gasteiger partial charge in [-0.05, 0) is 36.1 Å². The lowest BCUT2D eigenvalue weighted by atomic mass is 9.92. The quantitative estimate of drug-likeness (QED) is 0.878. The molecule has 1 aromatic heterocycles. The van der Waals surface area contributed by atoms with Crippen LogP contribution in [0.3, 0.4) is 0 Å². The van der Waals surface area contributed by atoms with Gasteiger partial charge in [0.05, 0.1) is 12.5 Å². The van der Waals surface area contributed by atoms with E-state index in [0.717, 1.165) is 24.1 Å². The van der Waals surface area contributed by atoms with Crippen molar-refractivity contribution in [2.24, 2.45) is 5.41 Å². The van der Waals surface area contributed by atoms with Crippen LogP contribution in [0.15, 0.2) is 17.5 Å². The molecule has 2 rings (SSSR count). The van der Waals surface area contributed by atoms with Crippen molar-refractivity contribution in [3.63, 3.8) is 0 Å². The van der Waals surface area contributed by atoms with Crippen LogP contribution in [0.4, 0.5) is 0 Å². The first-order valence-corrected chi connectivity index (χ1v) is 8.33. The zero-order chi connectivity index (χ0) is 15.5. The molecule has 21 heavy (non-hydrogen) atoms. The van der Waals surface area contributed by atoms with Gasteiger partial charge in [-0.25, -0.2) is 0 Å². The maximum atomic E-state index is 12.2. The molecule has 1 aliphatic rings. The minimum absolute atomic E-state index is 0.0184. The minimum Gasteiger partial charge on any atom is -0.353 e. The first kappa shape index (κ1) is 16.0. The zero-order valence-corrected chi connectivity index (χ0v) is 13.8. The molecule has 0 aliphatic heterocycles. The second kappa shape index (κ2) is 6.60. The maximum absolute atomic E-state index is 12.2. The molecule has 2 amide bonds. The Hall–Kier alpha value is -1.36. The van der Waals surface area contributed by atoms with E-state index in [4.69, 9.17) is 0 Å². The van der Waals surface area contributed by atoms with Crippen molar-refractivity contribution in [2.75, 3.05) is 0 Å². The van der Waals surface area contributed by atoms with Crippen molar-refractivity contribution < 1.29 is 9.59 Å². The van der Waals surface area contributed by atoms with Crippen LogP contribution in [0, 0.1) is 5.41 Å². The van der Waals surface area contributed by atoms with Gasteiger partial charge in [0, 0.05) is 17.8 Å². The van der Waals surface area contributed by atoms with Gasteiger partial charge in [-0.3, -0.25) is 9.59 Å². The lowest BCUT2D eigenvalue weighted by Crippen LogP contribution is -2.37. The van der Waals surface area contributed by atoms with Crippen molar-refractivity contribution in [2.45, 2.75) is 58.5 Å². The number of hydrogen-bond acceptors (Lipinski definition) is 3. The Morgan fingerprint density at radius 1 is 1.48 bits per heavy atom. The van der Waals surface area contributed by atoms with E-state index in [-0.39, 0.29) is 23.9 Å². The molecule has 2 unspecified atom stereocenters. The summed E-state index contributed by atoms with van der Waals surface area (Å²) < 4.78 is 0. The summed E-state index contributed by atoms with van der Waals surface area (Å²) in [5.74, 6) is -0.0898. The summed E-state index contributed by atoms with van der Waals surface area (Å²) in [6.07, 6.45) is 3.53. The summed E-state index contributed by atoms with van der Waals surface area (Å²) in [6, 6.07) is 3.94. The third kappa shape index (κ3) is 4.84. The number of nitrogens with one attached hydrogen (secondary N) is 2. The average Bonchev–Trinajstić information content (AvgIpc) is 2.97. The Morgan fingerprint density at radius 2 is 2.24 bits per heavy atom. The lowest BCUT2D eigenvalue weighted by molar-refractivity contribution is -0.123. The summed E-state index contributed by atoms with van der Waals surface area (Å²) in [7, 11) is 0. The summed E-state index contributed by atoms with van der Waals surface area (Å²) in [4.78, 5) is 24.6. The van der Waals surface area contributed by atoms with Crippen LogP contribution < -0.4 is 10.6 Å². The van der Waals surface area contributed by atoms with Gasteiger partial charge in [-0.2, -0.15) is 0 Å². The normalized spacial score (nSPS) is 21.8. The number of carbonyl (C=O) groups is 2. The molecule has 1 aromatic rings. The highest BCUT2D eigenvalue weighted by molar-refractivity contribution is 7.10. The molecule has 1 saturated carbocycles. The van der Waals surface area contributed by atoms with Crippen LogP contribution in [-0.2, 0) is 9.59 Å². The van der Waals surface area contributed by atoms with E-state index in [0.29, 0.717) is 11.8 Å². The van der Waals surface area contributed by atoms with Crippen LogP contribution in [-0.4, -0.2) is 17.9 Å². The molecule has 0 saturated heterocycles. The molecule has 116 valence electrons. The molecular weight excluding hydrogens is 284 g/mol. The topological polar surface area (TPSA) is 58.2 Å². The lowest BCUT2D eigenvalue weighted by Gasteiger charge is -2.20. The molecule has 1 heterocycles. The highest BCUT2D eigenvalue weighted by atomic mass is 32.1. The fourth-order valence-corrected chi connectivity index (χ4v) is 3.77. The minimum atomic E-state index is -0.225. The second-order valence-corrected chi connectivity index (χ2v) is 7.62. The Morgan fingerprint density at radius 3 is 2.76 bits per heavy atom. The van der Waals surface area contributed by atoms with Crippen LogP contribution in [0.25, 0.3) is 0 Å². The molecule has 0 aromatic carbocycles. The Labute approximate surface area is 130 Å². The monoisotopic (exact) mass is 308 g/mol. The Balaban J connectivity index is 1.91. The van der Waals surface area contributed by atoms with E-state index >= 15 is 0 Å². The predicted molar refractivity (Wildman–Crippen MR) is 85.1 cm³/mol. The first-order valence-electron chi connectivity index (χ1n) is 7.45. The van der Waals surface area contributed by atoms with Gasteiger partial charge >= 0.3 is 0 Å². The van der Waals surface area contributed by atoms with Crippen molar-refractivity contribution in [1.82, 2.24) is 10.6 Å². The van der Waals surface area contributed by atoms with Crippen LogP contribution in [0.1, 0.15) is 57.4 Å². The van der Waals surface area contributed by atoms with Gasteiger partial charge < -0.3 is 10.6 Å². The van der Waals surface area contributed by atoms with E-state index in [1.165, 1.54) is 6.92 Å². The molecule has 1 fully saturated rings. The molecule has 4 nitrogen and oxygen atoms in total. The van der Waals surface area contributed by atoms with Crippen molar-refractivity contribution in [3.8, 4) is 0 Å². The summed E-state index contributed by atoms with van der Waals surface area (Å²) in [5, 5.41) is 7.94. The number of thiophene rings is 1. The van der Waals surface area contributed by atoms with E-state index in [9.17, 15) is 9.59 Å². The van der Waals surface area contributed by atoms with Gasteiger partial charge in [0.25, 0.3) is 0 Å². The number of rotatable bonds is 5. The van der Waals surface area contributed by atoms with Gasteiger partial charge in [-0.1, -0.05) is 19.9 Å². The van der Waals surface area contributed by atoms with Crippen LogP contribution >= 0.6 is 11.3 Å². The predicted octanol–water partition coefficient (Wildman–Crippen LogP) is 3.01. The number of carbonyl (C=O) groups excluding carboxylic acids is 2. The van der Waals surface area contributed by atoms with E-state index in [1.54, 1.807) is 11.3 Å². The highest BCUT2D eigenvalue weighted by Gasteiger charge is 2.32. The molecular formula is C16H24N2O2S. The number of amides is 2. The second-order valence-electron chi connectivity index (χ2n) is 6.64. The third-order valence-electron chi connectivity index (χ3n) is 3.99. The largest absolute Gasteiger partial charge is 0.353 e. The summed E-state index contributed by atoms with van der Waals surface area (Å²) in [6.45, 7) is 5.97. The molecule has 2 atom stereocenters. The average molecular weight is 308 g/mol. The Bertz CT molecular complexity index is 496. The summed E-state index contributed by atoms with van der Waals surface area (Å²) >= 11 is 1.56. The van der Waals surface area contributed by atoms with Gasteiger partial charge in [0.2, 0.25) is 11.8 Å². The van der Waals surface area contributed by atoms with Crippen molar-refractivity contribution in [3.05, 3.63) is 22.4 Å². The van der Waals surface area contributed by atoms with Gasteiger partial charge in [0.15, 0.2) is 0 Å². The van der Waals surface area contributed by atoms with E-state index < -0.39 is 0 Å². The molecule has 0 spiro atoms. The smallest absolute Gasteiger partial charge is 0.222 e. The van der Waals surface area contributed by atoms with Crippen LogP contribution in [0.2, 0.25) is 0 Å². The highest BCUT2D eigenvalue weighted by Crippen LogP contribution is 2.37. The maximum Gasteiger partial charge on any atom is 0.222 e. The number of hydrogen-bond donors (Lipinski definition) is 2. The van der Waals surface area contributed by atoms with E-state index in [1.807, 2.05) is 17.5 Å². The first-order chi connectivity index (χ1) is 9.85. The van der Waals surface area contributed by atoms with Gasteiger partial charge in [-0.15, -0.1) is 11.3 Å². The van der Waals surface area contributed by atoms with Gasteiger partial charge in [0.1, 0.15) is 0 Å².